The minimum Gasteiger partial charge on any atom is -0.468 e. The zero-order valence-electron chi connectivity index (χ0n) is 12.4. The van der Waals surface area contributed by atoms with E-state index in [0.29, 0.717) is 12.1 Å². The van der Waals surface area contributed by atoms with E-state index in [2.05, 4.69) is 32.2 Å². The van der Waals surface area contributed by atoms with Crippen molar-refractivity contribution in [2.45, 2.75) is 70.6 Å². The molecule has 0 spiro atoms. The number of hydrogen-bond acceptors (Lipinski definition) is 3. The molecule has 2 rings (SSSR count). The summed E-state index contributed by atoms with van der Waals surface area (Å²) in [6, 6.07) is 4.88. The highest BCUT2D eigenvalue weighted by Gasteiger charge is 2.35. The van der Waals surface area contributed by atoms with Gasteiger partial charge in [-0.05, 0) is 44.2 Å². The highest BCUT2D eigenvalue weighted by atomic mass is 16.5. The maximum Gasteiger partial charge on any atom is 0.120 e. The summed E-state index contributed by atoms with van der Waals surface area (Å²) in [6.45, 7) is 7.53. The van der Waals surface area contributed by atoms with Crippen molar-refractivity contribution in [1.29, 1.82) is 0 Å². The van der Waals surface area contributed by atoms with E-state index >= 15 is 0 Å². The largest absolute Gasteiger partial charge is 0.468 e. The van der Waals surface area contributed by atoms with E-state index in [1.54, 1.807) is 6.26 Å². The summed E-state index contributed by atoms with van der Waals surface area (Å²) in [6.07, 6.45) is 7.21. The van der Waals surface area contributed by atoms with Crippen LogP contribution in [0.3, 0.4) is 0 Å². The van der Waals surface area contributed by atoms with Crippen molar-refractivity contribution < 1.29 is 9.15 Å². The standard InChI is InChI=1S/C16H27NO2/c1-4-14(15-8-7-10-18-15)17-13-9-11-19-16(5-2,6-3)12-13/h7-8,10,13-14,17H,4-6,9,11-12H2,1-3H3. The average molecular weight is 265 g/mol. The molecule has 2 unspecified atom stereocenters. The topological polar surface area (TPSA) is 34.4 Å². The lowest BCUT2D eigenvalue weighted by molar-refractivity contribution is -0.0944. The average Bonchev–Trinajstić information content (AvgIpc) is 2.99. The summed E-state index contributed by atoms with van der Waals surface area (Å²) in [5, 5.41) is 3.76. The molecule has 108 valence electrons. The zero-order valence-corrected chi connectivity index (χ0v) is 12.4. The molecule has 1 N–H and O–H groups in total. The van der Waals surface area contributed by atoms with Gasteiger partial charge in [0.05, 0.1) is 17.9 Å². The second-order valence-electron chi connectivity index (χ2n) is 5.57. The van der Waals surface area contributed by atoms with Gasteiger partial charge in [-0.1, -0.05) is 20.8 Å². The minimum atomic E-state index is 0.0807. The van der Waals surface area contributed by atoms with Crippen LogP contribution >= 0.6 is 0 Å². The number of rotatable bonds is 6. The fourth-order valence-corrected chi connectivity index (χ4v) is 3.09. The van der Waals surface area contributed by atoms with Crippen molar-refractivity contribution in [3.8, 4) is 0 Å². The number of furan rings is 1. The normalized spacial score (nSPS) is 24.3. The Hall–Kier alpha value is -0.800. The van der Waals surface area contributed by atoms with E-state index in [9.17, 15) is 0 Å². The fraction of sp³-hybridized carbons (Fsp3) is 0.750. The number of ether oxygens (including phenoxy) is 1. The molecule has 3 nitrogen and oxygen atoms in total. The van der Waals surface area contributed by atoms with Gasteiger partial charge in [0.15, 0.2) is 0 Å². The molecule has 1 saturated heterocycles. The second kappa shape index (κ2) is 6.58. The smallest absolute Gasteiger partial charge is 0.120 e. The summed E-state index contributed by atoms with van der Waals surface area (Å²) < 4.78 is 11.6. The van der Waals surface area contributed by atoms with Crippen molar-refractivity contribution in [3.63, 3.8) is 0 Å². The molecule has 2 atom stereocenters. The maximum atomic E-state index is 6.04. The first-order valence-corrected chi connectivity index (χ1v) is 7.66. The van der Waals surface area contributed by atoms with Gasteiger partial charge in [0, 0.05) is 12.6 Å². The molecule has 1 aliphatic rings. The van der Waals surface area contributed by atoms with Crippen LogP contribution in [0, 0.1) is 0 Å². The Morgan fingerprint density at radius 3 is 2.74 bits per heavy atom. The third-order valence-corrected chi connectivity index (χ3v) is 4.51. The molecule has 0 saturated carbocycles. The van der Waals surface area contributed by atoms with Crippen molar-refractivity contribution in [2.24, 2.45) is 0 Å². The van der Waals surface area contributed by atoms with Crippen molar-refractivity contribution in [2.75, 3.05) is 6.61 Å². The highest BCUT2D eigenvalue weighted by Crippen LogP contribution is 2.32. The van der Waals surface area contributed by atoms with Gasteiger partial charge in [0.1, 0.15) is 5.76 Å². The molecule has 1 fully saturated rings. The fourth-order valence-electron chi connectivity index (χ4n) is 3.09. The molecular weight excluding hydrogens is 238 g/mol. The zero-order chi connectivity index (χ0) is 13.7. The molecule has 19 heavy (non-hydrogen) atoms. The number of nitrogens with one attached hydrogen (secondary N) is 1. The molecule has 1 aliphatic heterocycles. The SMILES string of the molecule is CCC(NC1CCOC(CC)(CC)C1)c1ccco1. The van der Waals surface area contributed by atoms with Crippen LogP contribution in [0.2, 0.25) is 0 Å². The van der Waals surface area contributed by atoms with Gasteiger partial charge in [-0.15, -0.1) is 0 Å². The lowest BCUT2D eigenvalue weighted by Crippen LogP contribution is -2.47. The van der Waals surface area contributed by atoms with Crippen LogP contribution in [0.25, 0.3) is 0 Å². The Bertz CT molecular complexity index is 357. The first-order valence-electron chi connectivity index (χ1n) is 7.66. The second-order valence-corrected chi connectivity index (χ2v) is 5.57. The first kappa shape index (κ1) is 14.6. The quantitative estimate of drug-likeness (QED) is 0.842. The van der Waals surface area contributed by atoms with Gasteiger partial charge in [-0.2, -0.15) is 0 Å². The lowest BCUT2D eigenvalue weighted by atomic mass is 9.85. The highest BCUT2D eigenvalue weighted by molar-refractivity contribution is 5.05. The van der Waals surface area contributed by atoms with Gasteiger partial charge in [-0.3, -0.25) is 0 Å². The Morgan fingerprint density at radius 1 is 1.37 bits per heavy atom. The van der Waals surface area contributed by atoms with Gasteiger partial charge in [0.2, 0.25) is 0 Å². The van der Waals surface area contributed by atoms with Crippen LogP contribution in [0.4, 0.5) is 0 Å². The third-order valence-electron chi connectivity index (χ3n) is 4.51. The Labute approximate surface area is 116 Å². The molecule has 1 aromatic heterocycles. The summed E-state index contributed by atoms with van der Waals surface area (Å²) in [7, 11) is 0. The Kier molecular flexibility index (Phi) is 5.06. The molecule has 2 heterocycles. The van der Waals surface area contributed by atoms with Gasteiger partial charge >= 0.3 is 0 Å². The minimum absolute atomic E-state index is 0.0807. The Balaban J connectivity index is 1.98. The number of hydrogen-bond donors (Lipinski definition) is 1. The first-order chi connectivity index (χ1) is 9.23. The molecule has 0 radical (unpaired) electrons. The molecule has 1 aromatic rings. The van der Waals surface area contributed by atoms with Crippen LogP contribution in [0.1, 0.15) is 64.7 Å². The van der Waals surface area contributed by atoms with Crippen LogP contribution in [-0.2, 0) is 4.74 Å². The summed E-state index contributed by atoms with van der Waals surface area (Å²) in [5.41, 5.74) is 0.0807. The monoisotopic (exact) mass is 265 g/mol. The molecular formula is C16H27NO2. The van der Waals surface area contributed by atoms with Crippen LogP contribution in [0.5, 0.6) is 0 Å². The summed E-state index contributed by atoms with van der Waals surface area (Å²) >= 11 is 0. The van der Waals surface area contributed by atoms with E-state index in [-0.39, 0.29) is 5.60 Å². The molecule has 3 heteroatoms. The van der Waals surface area contributed by atoms with E-state index in [1.165, 1.54) is 0 Å². The third kappa shape index (κ3) is 3.40. The summed E-state index contributed by atoms with van der Waals surface area (Å²) in [5.74, 6) is 1.05. The van der Waals surface area contributed by atoms with Gasteiger partial charge in [0.25, 0.3) is 0 Å². The molecule has 0 bridgehead atoms. The predicted molar refractivity (Wildman–Crippen MR) is 77.2 cm³/mol. The van der Waals surface area contributed by atoms with Gasteiger partial charge < -0.3 is 14.5 Å². The van der Waals surface area contributed by atoms with E-state index in [1.807, 2.05) is 6.07 Å². The predicted octanol–water partition coefficient (Wildman–Crippen LogP) is 4.06. The lowest BCUT2D eigenvalue weighted by Gasteiger charge is -2.41. The van der Waals surface area contributed by atoms with Gasteiger partial charge in [-0.25, -0.2) is 0 Å². The van der Waals surface area contributed by atoms with Crippen molar-refractivity contribution in [1.82, 2.24) is 5.32 Å². The maximum absolute atomic E-state index is 6.04. The van der Waals surface area contributed by atoms with E-state index < -0.39 is 0 Å². The Morgan fingerprint density at radius 2 is 2.16 bits per heavy atom. The molecule has 0 aliphatic carbocycles. The molecule has 0 amide bonds. The van der Waals surface area contributed by atoms with Crippen molar-refractivity contribution in [3.05, 3.63) is 24.2 Å². The molecule has 0 aromatic carbocycles. The van der Waals surface area contributed by atoms with Crippen LogP contribution in [0.15, 0.2) is 22.8 Å². The van der Waals surface area contributed by atoms with Crippen LogP contribution < -0.4 is 5.32 Å². The van der Waals surface area contributed by atoms with Crippen LogP contribution in [-0.4, -0.2) is 18.2 Å². The van der Waals surface area contributed by atoms with E-state index in [0.717, 1.165) is 44.5 Å². The van der Waals surface area contributed by atoms with Crippen molar-refractivity contribution >= 4 is 0 Å². The summed E-state index contributed by atoms with van der Waals surface area (Å²) in [4.78, 5) is 0. The van der Waals surface area contributed by atoms with E-state index in [4.69, 9.17) is 9.15 Å².